The van der Waals surface area contributed by atoms with Crippen LogP contribution in [0.2, 0.25) is 5.02 Å². The van der Waals surface area contributed by atoms with E-state index in [-0.39, 0.29) is 11.4 Å². The van der Waals surface area contributed by atoms with Gasteiger partial charge in [-0.1, -0.05) is 17.7 Å². The molecule has 2 saturated heterocycles. The molecule has 2 aliphatic heterocycles. The number of aryl methyl sites for hydroxylation is 1. The molecule has 2 atom stereocenters. The molecule has 9 heteroatoms. The molecular formula is C27H25ClFN5O2. The molecule has 2 fully saturated rings. The van der Waals surface area contributed by atoms with Gasteiger partial charge in [0.1, 0.15) is 17.4 Å². The van der Waals surface area contributed by atoms with E-state index in [1.54, 1.807) is 49.9 Å². The largest absolute Gasteiger partial charge is 0.507 e. The van der Waals surface area contributed by atoms with Gasteiger partial charge in [0.2, 0.25) is 0 Å². The van der Waals surface area contributed by atoms with Crippen LogP contribution in [0.1, 0.15) is 6.42 Å². The summed E-state index contributed by atoms with van der Waals surface area (Å²) in [5.74, 6) is 0.894. The number of halogens is 2. The number of aromatic nitrogens is 3. The third kappa shape index (κ3) is 3.96. The molecular weight excluding hydrogens is 481 g/mol. The molecule has 2 N–H and O–H groups in total. The van der Waals surface area contributed by atoms with Gasteiger partial charge in [0.25, 0.3) is 0 Å². The lowest BCUT2D eigenvalue weighted by molar-refractivity contribution is 0.472. The van der Waals surface area contributed by atoms with Gasteiger partial charge in [0.05, 0.1) is 10.7 Å². The first-order valence-electron chi connectivity index (χ1n) is 11.9. The maximum atomic E-state index is 14.8. The number of piperidine rings is 1. The van der Waals surface area contributed by atoms with Crippen molar-refractivity contribution < 1.29 is 9.50 Å². The summed E-state index contributed by atoms with van der Waals surface area (Å²) in [7, 11) is 1.66. The molecule has 2 aromatic heterocycles. The first kappa shape index (κ1) is 22.8. The lowest BCUT2D eigenvalue weighted by Gasteiger charge is -2.32. The maximum absolute atomic E-state index is 14.8. The Bertz CT molecular complexity index is 1520. The summed E-state index contributed by atoms with van der Waals surface area (Å²) >= 11 is 6.52. The molecule has 2 aliphatic rings. The number of phenolic OH excluding ortho intramolecular Hbond substituents is 1. The second-order valence-electron chi connectivity index (χ2n) is 9.59. The zero-order valence-corrected chi connectivity index (χ0v) is 20.4. The van der Waals surface area contributed by atoms with Crippen LogP contribution in [0.5, 0.6) is 5.75 Å². The number of phenols is 1. The minimum absolute atomic E-state index is 0.0466. The van der Waals surface area contributed by atoms with Crippen LogP contribution in [0, 0.1) is 11.7 Å². The number of pyridine rings is 1. The Hall–Kier alpha value is -3.62. The SMILES string of the molecule is Cn1ccn(-c2ccc(-c3cc(F)cc(-c4ccnc(N5CC6CNC(C6)C5)c4)c3O)cc2Cl)c1=O. The maximum Gasteiger partial charge on any atom is 0.332 e. The topological polar surface area (TPSA) is 75.3 Å². The van der Waals surface area contributed by atoms with Crippen molar-refractivity contribution in [2.75, 3.05) is 24.5 Å². The molecule has 7 nitrogen and oxygen atoms in total. The molecule has 184 valence electrons. The Morgan fingerprint density at radius 1 is 1.08 bits per heavy atom. The van der Waals surface area contributed by atoms with Crippen LogP contribution in [0.15, 0.2) is 65.8 Å². The van der Waals surface area contributed by atoms with E-state index in [4.69, 9.17) is 11.6 Å². The highest BCUT2D eigenvalue weighted by Crippen LogP contribution is 2.41. The molecule has 0 saturated carbocycles. The molecule has 36 heavy (non-hydrogen) atoms. The third-order valence-corrected chi connectivity index (χ3v) is 7.46. The summed E-state index contributed by atoms with van der Waals surface area (Å²) < 4.78 is 17.7. The Labute approximate surface area is 212 Å². The van der Waals surface area contributed by atoms with Gasteiger partial charge in [-0.3, -0.25) is 4.57 Å². The van der Waals surface area contributed by atoms with Crippen LogP contribution >= 0.6 is 11.6 Å². The molecule has 4 aromatic rings. The van der Waals surface area contributed by atoms with Crippen molar-refractivity contribution in [1.29, 1.82) is 0 Å². The van der Waals surface area contributed by atoms with E-state index in [9.17, 15) is 14.3 Å². The van der Waals surface area contributed by atoms with Crippen molar-refractivity contribution in [2.45, 2.75) is 12.5 Å². The number of nitrogens with one attached hydrogen (secondary N) is 1. The molecule has 0 aliphatic carbocycles. The minimum Gasteiger partial charge on any atom is -0.507 e. The average molecular weight is 506 g/mol. The summed E-state index contributed by atoms with van der Waals surface area (Å²) in [6.07, 6.45) is 6.16. The molecule has 6 rings (SSSR count). The van der Waals surface area contributed by atoms with Crippen molar-refractivity contribution >= 4 is 17.4 Å². The normalized spacial score (nSPS) is 19.1. The van der Waals surface area contributed by atoms with Crippen LogP contribution in [0.25, 0.3) is 27.9 Å². The van der Waals surface area contributed by atoms with E-state index in [2.05, 4.69) is 15.2 Å². The van der Waals surface area contributed by atoms with E-state index < -0.39 is 5.82 Å². The quantitative estimate of drug-likeness (QED) is 0.435. The number of fused-ring (bicyclic) bond motifs is 2. The van der Waals surface area contributed by atoms with Gasteiger partial charge >= 0.3 is 5.69 Å². The van der Waals surface area contributed by atoms with Crippen LogP contribution in [-0.4, -0.2) is 44.9 Å². The van der Waals surface area contributed by atoms with Crippen molar-refractivity contribution in [2.24, 2.45) is 13.0 Å². The smallest absolute Gasteiger partial charge is 0.332 e. The first-order chi connectivity index (χ1) is 17.4. The van der Waals surface area contributed by atoms with Crippen molar-refractivity contribution in [3.63, 3.8) is 0 Å². The minimum atomic E-state index is -0.476. The molecule has 0 radical (unpaired) electrons. The Balaban J connectivity index is 1.37. The van der Waals surface area contributed by atoms with Gasteiger partial charge in [-0.05, 0) is 59.9 Å². The van der Waals surface area contributed by atoms with E-state index in [0.717, 1.165) is 25.5 Å². The van der Waals surface area contributed by atoms with Crippen LogP contribution in [0.3, 0.4) is 0 Å². The second kappa shape index (κ2) is 8.80. The molecule has 0 spiro atoms. The monoisotopic (exact) mass is 505 g/mol. The molecule has 2 bridgehead atoms. The number of aromatic hydroxyl groups is 1. The van der Waals surface area contributed by atoms with Gasteiger partial charge in [-0.15, -0.1) is 0 Å². The summed E-state index contributed by atoms with van der Waals surface area (Å²) in [6.45, 7) is 2.83. The van der Waals surface area contributed by atoms with Crippen molar-refractivity contribution in [3.05, 3.63) is 82.4 Å². The molecule has 2 aromatic carbocycles. The van der Waals surface area contributed by atoms with Gasteiger partial charge in [0.15, 0.2) is 0 Å². The number of nitrogens with zero attached hydrogens (tertiary/aromatic N) is 4. The predicted octanol–water partition coefficient (Wildman–Crippen LogP) is 4.20. The summed E-state index contributed by atoms with van der Waals surface area (Å²) in [6, 6.07) is 11.8. The fraction of sp³-hybridized carbons (Fsp3) is 0.259. The van der Waals surface area contributed by atoms with E-state index in [1.807, 2.05) is 6.07 Å². The number of anilines is 1. The molecule has 2 unspecified atom stereocenters. The van der Waals surface area contributed by atoms with Crippen LogP contribution in [-0.2, 0) is 7.05 Å². The zero-order chi connectivity index (χ0) is 25.0. The number of hydrogen-bond acceptors (Lipinski definition) is 5. The van der Waals surface area contributed by atoms with Gasteiger partial charge in [-0.2, -0.15) is 0 Å². The highest BCUT2D eigenvalue weighted by Gasteiger charge is 2.33. The second-order valence-corrected chi connectivity index (χ2v) is 10.00. The summed E-state index contributed by atoms with van der Waals surface area (Å²) in [4.78, 5) is 19.1. The van der Waals surface area contributed by atoms with E-state index in [0.29, 0.717) is 44.9 Å². The highest BCUT2D eigenvalue weighted by molar-refractivity contribution is 6.32. The lowest BCUT2D eigenvalue weighted by Crippen LogP contribution is -2.41. The lowest BCUT2D eigenvalue weighted by atomic mass is 9.96. The molecule has 4 heterocycles. The number of hydrogen-bond donors (Lipinski definition) is 2. The summed E-state index contributed by atoms with van der Waals surface area (Å²) in [5.41, 5.74) is 2.20. The fourth-order valence-corrected chi connectivity index (χ4v) is 5.61. The van der Waals surface area contributed by atoms with Gasteiger partial charge in [0, 0.05) is 62.4 Å². The average Bonchev–Trinajstić information content (AvgIpc) is 3.39. The Morgan fingerprint density at radius 3 is 2.56 bits per heavy atom. The predicted molar refractivity (Wildman–Crippen MR) is 138 cm³/mol. The standard InChI is InChI=1S/C27H25ClFN5O2/c1-32-6-7-34(27(32)36)24-3-2-17(9-23(24)28)21-11-19(29)12-22(26(21)35)18-4-5-30-25(10-18)33-14-16-8-20(15-33)31-13-16/h2-7,9-12,16,20,31,35H,8,13-15H2,1H3. The van der Waals surface area contributed by atoms with E-state index >= 15 is 0 Å². The van der Waals surface area contributed by atoms with Crippen molar-refractivity contribution in [1.82, 2.24) is 19.4 Å². The van der Waals surface area contributed by atoms with Crippen molar-refractivity contribution in [3.8, 4) is 33.7 Å². The zero-order valence-electron chi connectivity index (χ0n) is 19.7. The fourth-order valence-electron chi connectivity index (χ4n) is 5.34. The summed E-state index contributed by atoms with van der Waals surface area (Å²) in [5, 5.41) is 15.1. The molecule has 0 amide bonds. The Morgan fingerprint density at radius 2 is 1.86 bits per heavy atom. The van der Waals surface area contributed by atoms with Gasteiger partial charge in [-0.25, -0.2) is 14.2 Å². The van der Waals surface area contributed by atoms with E-state index in [1.165, 1.54) is 27.7 Å². The van der Waals surface area contributed by atoms with Gasteiger partial charge < -0.3 is 19.9 Å². The van der Waals surface area contributed by atoms with Crippen LogP contribution < -0.4 is 15.9 Å². The number of imidazole rings is 1. The highest BCUT2D eigenvalue weighted by atomic mass is 35.5. The Kier molecular flexibility index (Phi) is 5.58. The number of benzene rings is 2. The number of rotatable bonds is 4. The first-order valence-corrected chi connectivity index (χ1v) is 12.3. The van der Waals surface area contributed by atoms with Crippen LogP contribution in [0.4, 0.5) is 10.2 Å². The third-order valence-electron chi connectivity index (χ3n) is 7.15.